The number of hydrogen-bond donors (Lipinski definition) is 2. The van der Waals surface area contributed by atoms with Crippen molar-refractivity contribution in [1.29, 1.82) is 0 Å². The summed E-state index contributed by atoms with van der Waals surface area (Å²) in [5.74, 6) is -0.496. The molecule has 0 spiro atoms. The molecule has 1 saturated heterocycles. The van der Waals surface area contributed by atoms with E-state index in [4.69, 9.17) is 0 Å². The van der Waals surface area contributed by atoms with Gasteiger partial charge in [-0.3, -0.25) is 14.2 Å². The van der Waals surface area contributed by atoms with E-state index >= 15 is 0 Å². The summed E-state index contributed by atoms with van der Waals surface area (Å²) in [6, 6.07) is 17.0. The standard InChI is InChI=1S/C26H24FN3O3S/c1-16-14-17(9-11-21(16)27)28-23-20-10-12-22(32)30(18-6-3-2-4-7-18)26(20)34-24(23)25(33)29-13-5-8-19(29)15-31/h2-4,6-7,9-12,14,19,28,31H,5,8,13,15H2,1H3. The largest absolute Gasteiger partial charge is 0.394 e. The Labute approximate surface area is 199 Å². The van der Waals surface area contributed by atoms with Gasteiger partial charge in [0, 0.05) is 23.7 Å². The zero-order valence-electron chi connectivity index (χ0n) is 18.6. The highest BCUT2D eigenvalue weighted by Gasteiger charge is 2.32. The number of nitrogens with zero attached hydrogens (tertiary/aromatic N) is 2. The highest BCUT2D eigenvalue weighted by atomic mass is 32.1. The van der Waals surface area contributed by atoms with Crippen LogP contribution in [0.3, 0.4) is 0 Å². The molecule has 1 fully saturated rings. The van der Waals surface area contributed by atoms with E-state index in [1.807, 2.05) is 30.3 Å². The number of amides is 1. The van der Waals surface area contributed by atoms with Gasteiger partial charge in [0.25, 0.3) is 11.5 Å². The van der Waals surface area contributed by atoms with E-state index in [0.717, 1.165) is 18.2 Å². The van der Waals surface area contributed by atoms with Gasteiger partial charge >= 0.3 is 0 Å². The number of aromatic nitrogens is 1. The maximum atomic E-state index is 13.9. The van der Waals surface area contributed by atoms with Gasteiger partial charge in [-0.2, -0.15) is 0 Å². The fourth-order valence-electron chi connectivity index (χ4n) is 4.47. The first kappa shape index (κ1) is 22.3. The Morgan fingerprint density at radius 2 is 1.97 bits per heavy atom. The van der Waals surface area contributed by atoms with E-state index in [9.17, 15) is 19.1 Å². The smallest absolute Gasteiger partial charge is 0.266 e. The number of aryl methyl sites for hydroxylation is 1. The maximum Gasteiger partial charge on any atom is 0.266 e. The lowest BCUT2D eigenvalue weighted by Gasteiger charge is -2.23. The number of carbonyl (C=O) groups excluding carboxylic acids is 1. The van der Waals surface area contributed by atoms with Crippen LogP contribution in [0.15, 0.2) is 65.5 Å². The van der Waals surface area contributed by atoms with Gasteiger partial charge in [0.2, 0.25) is 0 Å². The molecule has 0 bridgehead atoms. The van der Waals surface area contributed by atoms with Crippen LogP contribution in [0.4, 0.5) is 15.8 Å². The summed E-state index contributed by atoms with van der Waals surface area (Å²) in [5.41, 5.74) is 2.21. The van der Waals surface area contributed by atoms with Crippen molar-refractivity contribution in [3.8, 4) is 5.69 Å². The van der Waals surface area contributed by atoms with Gasteiger partial charge in [-0.1, -0.05) is 18.2 Å². The average molecular weight is 478 g/mol. The molecule has 5 rings (SSSR count). The number of aliphatic hydroxyl groups is 1. The van der Waals surface area contributed by atoms with Crippen LogP contribution in [0, 0.1) is 12.7 Å². The topological polar surface area (TPSA) is 74.6 Å². The van der Waals surface area contributed by atoms with Crippen molar-refractivity contribution in [1.82, 2.24) is 9.47 Å². The van der Waals surface area contributed by atoms with Crippen LogP contribution in [-0.4, -0.2) is 39.7 Å². The predicted molar refractivity (Wildman–Crippen MR) is 133 cm³/mol. The first-order valence-electron chi connectivity index (χ1n) is 11.2. The van der Waals surface area contributed by atoms with Crippen LogP contribution >= 0.6 is 11.3 Å². The molecule has 2 aromatic carbocycles. The number of aliphatic hydroxyl groups excluding tert-OH is 1. The van der Waals surface area contributed by atoms with Crippen LogP contribution in [-0.2, 0) is 0 Å². The maximum absolute atomic E-state index is 13.9. The number of pyridine rings is 1. The molecular weight excluding hydrogens is 453 g/mol. The fraction of sp³-hybridized carbons (Fsp3) is 0.231. The third kappa shape index (κ3) is 3.89. The molecule has 2 N–H and O–H groups in total. The Balaban J connectivity index is 1.71. The van der Waals surface area contributed by atoms with Gasteiger partial charge in [0.1, 0.15) is 15.5 Å². The summed E-state index contributed by atoms with van der Waals surface area (Å²) >= 11 is 1.25. The number of likely N-dealkylation sites (tertiary alicyclic amines) is 1. The third-order valence-electron chi connectivity index (χ3n) is 6.23. The van der Waals surface area contributed by atoms with E-state index in [-0.39, 0.29) is 29.9 Å². The van der Waals surface area contributed by atoms with Crippen molar-refractivity contribution in [3.05, 3.63) is 87.3 Å². The van der Waals surface area contributed by atoms with Crippen molar-refractivity contribution >= 4 is 38.8 Å². The van der Waals surface area contributed by atoms with Crippen LogP contribution in [0.5, 0.6) is 0 Å². The molecule has 1 aliphatic rings. The number of fused-ring (bicyclic) bond motifs is 1. The average Bonchev–Trinajstić information content (AvgIpc) is 3.46. The first-order chi connectivity index (χ1) is 16.5. The Hall–Kier alpha value is -3.49. The van der Waals surface area contributed by atoms with Gasteiger partial charge in [0.05, 0.1) is 24.0 Å². The van der Waals surface area contributed by atoms with Gasteiger partial charge in [-0.25, -0.2) is 4.39 Å². The lowest BCUT2D eigenvalue weighted by molar-refractivity contribution is 0.0683. The molecule has 174 valence electrons. The number of nitrogens with one attached hydrogen (secondary N) is 1. The number of para-hydroxylation sites is 1. The van der Waals surface area contributed by atoms with Gasteiger partial charge in [0.15, 0.2) is 0 Å². The van der Waals surface area contributed by atoms with Crippen LogP contribution in [0.2, 0.25) is 0 Å². The molecule has 0 saturated carbocycles. The normalized spacial score (nSPS) is 15.7. The SMILES string of the molecule is Cc1cc(Nc2c(C(=O)N3CCCC3CO)sc3c2ccc(=O)n3-c2ccccc2)ccc1F. The number of rotatable bonds is 5. The molecule has 0 aliphatic carbocycles. The van der Waals surface area contributed by atoms with E-state index in [1.54, 1.807) is 34.6 Å². The zero-order valence-corrected chi connectivity index (χ0v) is 19.4. The third-order valence-corrected chi connectivity index (χ3v) is 7.40. The molecule has 6 nitrogen and oxygen atoms in total. The molecule has 4 aromatic rings. The first-order valence-corrected chi connectivity index (χ1v) is 12.0. The summed E-state index contributed by atoms with van der Waals surface area (Å²) in [6.07, 6.45) is 1.58. The molecule has 1 unspecified atom stereocenters. The van der Waals surface area contributed by atoms with E-state index in [1.165, 1.54) is 23.5 Å². The molecule has 1 atom stereocenters. The molecular formula is C26H24FN3O3S. The minimum Gasteiger partial charge on any atom is -0.394 e. The lowest BCUT2D eigenvalue weighted by atomic mass is 10.1. The number of hydrogen-bond acceptors (Lipinski definition) is 5. The minimum absolute atomic E-state index is 0.0920. The second kappa shape index (κ2) is 9.04. The Morgan fingerprint density at radius 1 is 1.18 bits per heavy atom. The molecule has 0 radical (unpaired) electrons. The molecule has 3 heterocycles. The van der Waals surface area contributed by atoms with E-state index < -0.39 is 0 Å². The molecule has 34 heavy (non-hydrogen) atoms. The molecule has 8 heteroatoms. The van der Waals surface area contributed by atoms with Crippen molar-refractivity contribution in [3.63, 3.8) is 0 Å². The number of thiophene rings is 1. The highest BCUT2D eigenvalue weighted by molar-refractivity contribution is 7.21. The van der Waals surface area contributed by atoms with Crippen molar-refractivity contribution in [2.75, 3.05) is 18.5 Å². The van der Waals surface area contributed by atoms with Crippen molar-refractivity contribution < 1.29 is 14.3 Å². The minimum atomic E-state index is -0.308. The second-order valence-electron chi connectivity index (χ2n) is 8.43. The van der Waals surface area contributed by atoms with Crippen LogP contribution < -0.4 is 10.9 Å². The number of benzene rings is 2. The summed E-state index contributed by atoms with van der Waals surface area (Å²) in [4.78, 5) is 29.4. The van der Waals surface area contributed by atoms with Crippen molar-refractivity contribution in [2.45, 2.75) is 25.8 Å². The summed E-state index contributed by atoms with van der Waals surface area (Å²) in [6.45, 7) is 2.16. The van der Waals surface area contributed by atoms with E-state index in [0.29, 0.717) is 38.9 Å². The zero-order chi connectivity index (χ0) is 23.8. The summed E-state index contributed by atoms with van der Waals surface area (Å²) < 4.78 is 15.5. The highest BCUT2D eigenvalue weighted by Crippen LogP contribution is 2.39. The van der Waals surface area contributed by atoms with E-state index in [2.05, 4.69) is 5.32 Å². The number of anilines is 2. The van der Waals surface area contributed by atoms with Gasteiger partial charge in [-0.05, 0) is 61.7 Å². The molecule has 1 amide bonds. The second-order valence-corrected chi connectivity index (χ2v) is 9.43. The van der Waals surface area contributed by atoms with Gasteiger partial charge in [-0.15, -0.1) is 11.3 Å². The monoisotopic (exact) mass is 477 g/mol. The predicted octanol–water partition coefficient (Wildman–Crippen LogP) is 4.84. The summed E-state index contributed by atoms with van der Waals surface area (Å²) in [7, 11) is 0. The molecule has 2 aromatic heterocycles. The number of halogens is 1. The quantitative estimate of drug-likeness (QED) is 0.431. The van der Waals surface area contributed by atoms with Gasteiger partial charge < -0.3 is 15.3 Å². The van der Waals surface area contributed by atoms with Crippen LogP contribution in [0.1, 0.15) is 28.1 Å². The number of carbonyl (C=O) groups is 1. The fourth-order valence-corrected chi connectivity index (χ4v) is 5.70. The summed E-state index contributed by atoms with van der Waals surface area (Å²) in [5, 5.41) is 13.8. The lowest BCUT2D eigenvalue weighted by Crippen LogP contribution is -2.37. The Bertz CT molecular complexity index is 1430. The Morgan fingerprint density at radius 3 is 2.71 bits per heavy atom. The van der Waals surface area contributed by atoms with Crippen LogP contribution in [0.25, 0.3) is 15.9 Å². The Kier molecular flexibility index (Phi) is 5.93. The van der Waals surface area contributed by atoms with Crippen molar-refractivity contribution in [2.24, 2.45) is 0 Å². The molecule has 1 aliphatic heterocycles.